The van der Waals surface area contributed by atoms with Gasteiger partial charge in [0.2, 0.25) is 0 Å². The molecule has 1 heterocycles. The Hall–Kier alpha value is -0.400. The second kappa shape index (κ2) is 7.04. The Morgan fingerprint density at radius 3 is 2.70 bits per heavy atom. The Balaban J connectivity index is 2.23. The summed E-state index contributed by atoms with van der Waals surface area (Å²) in [6.45, 7) is 4.24. The van der Waals surface area contributed by atoms with E-state index in [0.29, 0.717) is 11.5 Å². The number of hydrogen-bond donors (Lipinski definition) is 1. The van der Waals surface area contributed by atoms with Crippen LogP contribution in [0.4, 0.5) is 0 Å². The van der Waals surface area contributed by atoms with Crippen molar-refractivity contribution in [2.24, 2.45) is 5.92 Å². The quantitative estimate of drug-likeness (QED) is 0.617. The van der Waals surface area contributed by atoms with Gasteiger partial charge in [-0.1, -0.05) is 19.9 Å². The molecule has 0 saturated carbocycles. The molecule has 1 amide bonds. The zero-order valence-electron chi connectivity index (χ0n) is 11.2. The van der Waals surface area contributed by atoms with Crippen LogP contribution in [-0.2, 0) is 0 Å². The molecule has 5 heteroatoms. The van der Waals surface area contributed by atoms with E-state index in [0.717, 1.165) is 8.04 Å². The minimum absolute atomic E-state index is 0.0394. The number of amides is 1. The van der Waals surface area contributed by atoms with Gasteiger partial charge in [0.15, 0.2) is 0 Å². The van der Waals surface area contributed by atoms with Crippen molar-refractivity contribution in [3.8, 4) is 0 Å². The first-order valence-corrected chi connectivity index (χ1v) is 9.03. The Morgan fingerprint density at radius 1 is 1.35 bits per heavy atom. The van der Waals surface area contributed by atoms with Gasteiger partial charge in [-0.2, -0.15) is 0 Å². The molecule has 106 valence electrons. The van der Waals surface area contributed by atoms with Gasteiger partial charge in [0.25, 0.3) is 5.91 Å². The molecule has 0 spiro atoms. The first-order valence-electron chi connectivity index (χ1n) is 6.28. The van der Waals surface area contributed by atoms with Crippen molar-refractivity contribution in [2.75, 3.05) is 0 Å². The van der Waals surface area contributed by atoms with E-state index < -0.39 is 0 Å². The van der Waals surface area contributed by atoms with Gasteiger partial charge in [-0.15, -0.1) is 11.3 Å². The van der Waals surface area contributed by atoms with Crippen molar-refractivity contribution < 1.29 is 4.79 Å². The van der Waals surface area contributed by atoms with Crippen molar-refractivity contribution in [3.63, 3.8) is 0 Å². The highest BCUT2D eigenvalue weighted by Gasteiger charge is 2.21. The molecule has 0 saturated heterocycles. The fourth-order valence-corrected chi connectivity index (χ4v) is 3.79. The number of benzene rings is 1. The fraction of sp³-hybridized carbons (Fsp3) is 0.267. The highest BCUT2D eigenvalue weighted by atomic mass is 127. The Morgan fingerprint density at radius 2 is 2.10 bits per heavy atom. The van der Waals surface area contributed by atoms with Crippen LogP contribution in [0.2, 0.25) is 0 Å². The lowest BCUT2D eigenvalue weighted by molar-refractivity contribution is 0.0925. The van der Waals surface area contributed by atoms with Gasteiger partial charge < -0.3 is 5.32 Å². The molecule has 0 aliphatic rings. The Kier molecular flexibility index (Phi) is 5.63. The average Bonchev–Trinajstić information content (AvgIpc) is 2.91. The maximum Gasteiger partial charge on any atom is 0.252 e. The minimum atomic E-state index is -0.0394. The van der Waals surface area contributed by atoms with Gasteiger partial charge in [-0.05, 0) is 74.1 Å². The number of carbonyl (C=O) groups excluding carboxylic acids is 1. The monoisotopic (exact) mass is 463 g/mol. The third-order valence-corrected chi connectivity index (χ3v) is 5.29. The number of thiophene rings is 1. The highest BCUT2D eigenvalue weighted by molar-refractivity contribution is 14.1. The molecule has 2 nitrogen and oxygen atoms in total. The molecule has 1 aromatic heterocycles. The van der Waals surface area contributed by atoms with E-state index in [4.69, 9.17) is 0 Å². The second-order valence-electron chi connectivity index (χ2n) is 4.83. The molecule has 1 N–H and O–H groups in total. The van der Waals surface area contributed by atoms with Crippen LogP contribution >= 0.6 is 49.9 Å². The van der Waals surface area contributed by atoms with E-state index in [1.165, 1.54) is 4.88 Å². The summed E-state index contributed by atoms with van der Waals surface area (Å²) in [6, 6.07) is 9.91. The fourth-order valence-electron chi connectivity index (χ4n) is 1.93. The van der Waals surface area contributed by atoms with Crippen molar-refractivity contribution in [1.82, 2.24) is 5.32 Å². The minimum Gasteiger partial charge on any atom is -0.344 e. The normalized spacial score (nSPS) is 12.4. The lowest BCUT2D eigenvalue weighted by atomic mass is 10.0. The van der Waals surface area contributed by atoms with E-state index in [1.54, 1.807) is 11.3 Å². The maximum atomic E-state index is 12.5. The largest absolute Gasteiger partial charge is 0.344 e. The molecule has 2 aromatic rings. The van der Waals surface area contributed by atoms with E-state index in [9.17, 15) is 4.79 Å². The molecule has 0 bridgehead atoms. The summed E-state index contributed by atoms with van der Waals surface area (Å²) in [4.78, 5) is 13.7. The molecule has 0 fully saturated rings. The molecule has 1 unspecified atom stereocenters. The Labute approximate surface area is 145 Å². The summed E-state index contributed by atoms with van der Waals surface area (Å²) in [5.41, 5.74) is 0.680. The molecular formula is C15H15BrINOS. The zero-order chi connectivity index (χ0) is 14.7. The standard InChI is InChI=1S/C15H15BrINOS/c1-9(2)14(13-4-3-7-20-13)18-15(19)11-8-10(17)5-6-12(11)16/h3-9,14H,1-2H3,(H,18,19). The molecule has 20 heavy (non-hydrogen) atoms. The molecule has 2 rings (SSSR count). The third-order valence-electron chi connectivity index (χ3n) is 2.98. The zero-order valence-corrected chi connectivity index (χ0v) is 15.8. The molecule has 0 aliphatic carbocycles. The second-order valence-corrected chi connectivity index (χ2v) is 7.91. The summed E-state index contributed by atoms with van der Waals surface area (Å²) in [5, 5.41) is 5.18. The van der Waals surface area contributed by atoms with Gasteiger partial charge in [-0.3, -0.25) is 4.79 Å². The van der Waals surface area contributed by atoms with Crippen LogP contribution in [0.25, 0.3) is 0 Å². The average molecular weight is 464 g/mol. The van der Waals surface area contributed by atoms with Crippen LogP contribution < -0.4 is 5.32 Å². The topological polar surface area (TPSA) is 29.1 Å². The van der Waals surface area contributed by atoms with Gasteiger partial charge >= 0.3 is 0 Å². The number of halogens is 2. The number of rotatable bonds is 4. The van der Waals surface area contributed by atoms with Crippen LogP contribution in [0.15, 0.2) is 40.2 Å². The van der Waals surface area contributed by atoms with Gasteiger partial charge in [0.05, 0.1) is 11.6 Å². The van der Waals surface area contributed by atoms with E-state index in [1.807, 2.05) is 29.6 Å². The van der Waals surface area contributed by atoms with Crippen LogP contribution in [0.1, 0.15) is 35.1 Å². The SMILES string of the molecule is CC(C)C(NC(=O)c1cc(I)ccc1Br)c1cccs1. The van der Waals surface area contributed by atoms with E-state index in [2.05, 4.69) is 63.8 Å². The smallest absolute Gasteiger partial charge is 0.252 e. The lowest BCUT2D eigenvalue weighted by Crippen LogP contribution is -2.31. The van der Waals surface area contributed by atoms with Crippen LogP contribution in [0.3, 0.4) is 0 Å². The predicted octanol–water partition coefficient (Wildman–Crippen LogP) is 5.24. The van der Waals surface area contributed by atoms with Gasteiger partial charge in [0.1, 0.15) is 0 Å². The first kappa shape index (κ1) is 16.0. The third kappa shape index (κ3) is 3.83. The maximum absolute atomic E-state index is 12.5. The molecule has 1 atom stereocenters. The predicted molar refractivity (Wildman–Crippen MR) is 96.2 cm³/mol. The summed E-state index contributed by atoms with van der Waals surface area (Å²) in [6.07, 6.45) is 0. The molecule has 0 radical (unpaired) electrons. The van der Waals surface area contributed by atoms with Crippen LogP contribution in [0, 0.1) is 9.49 Å². The summed E-state index contributed by atoms with van der Waals surface area (Å²) < 4.78 is 1.87. The van der Waals surface area contributed by atoms with Crippen LogP contribution in [-0.4, -0.2) is 5.91 Å². The Bertz CT molecular complexity index is 598. The lowest BCUT2D eigenvalue weighted by Gasteiger charge is -2.21. The van der Waals surface area contributed by atoms with E-state index >= 15 is 0 Å². The summed E-state index contributed by atoms with van der Waals surface area (Å²) in [7, 11) is 0. The number of nitrogens with one attached hydrogen (secondary N) is 1. The number of carbonyl (C=O) groups is 1. The van der Waals surface area contributed by atoms with Crippen molar-refractivity contribution in [2.45, 2.75) is 19.9 Å². The highest BCUT2D eigenvalue weighted by Crippen LogP contribution is 2.27. The number of hydrogen-bond acceptors (Lipinski definition) is 2. The van der Waals surface area contributed by atoms with Crippen LogP contribution in [0.5, 0.6) is 0 Å². The molecular weight excluding hydrogens is 449 g/mol. The molecule has 0 aliphatic heterocycles. The van der Waals surface area contributed by atoms with Crippen molar-refractivity contribution in [3.05, 3.63) is 54.2 Å². The van der Waals surface area contributed by atoms with Crippen molar-refractivity contribution in [1.29, 1.82) is 0 Å². The van der Waals surface area contributed by atoms with Crippen molar-refractivity contribution >= 4 is 55.8 Å². The van der Waals surface area contributed by atoms with E-state index in [-0.39, 0.29) is 11.9 Å². The first-order chi connectivity index (χ1) is 9.49. The summed E-state index contributed by atoms with van der Waals surface area (Å²) in [5.74, 6) is 0.307. The van der Waals surface area contributed by atoms with Gasteiger partial charge in [0, 0.05) is 12.9 Å². The van der Waals surface area contributed by atoms with Gasteiger partial charge in [-0.25, -0.2) is 0 Å². The molecule has 1 aromatic carbocycles. The summed E-state index contributed by atoms with van der Waals surface area (Å²) >= 11 is 7.34.